The molecule has 2 nitrogen and oxygen atoms in total. The normalized spacial score (nSPS) is 10.0. The summed E-state index contributed by atoms with van der Waals surface area (Å²) in [5.74, 6) is -0.908. The molecule has 0 aliphatic heterocycles. The van der Waals surface area contributed by atoms with E-state index >= 15 is 0 Å². The lowest BCUT2D eigenvalue weighted by molar-refractivity contribution is 0.0697. The Balaban J connectivity index is 0.00000137. The molecule has 1 N–H and O–H groups in total. The van der Waals surface area contributed by atoms with Gasteiger partial charge >= 0.3 is 5.97 Å². The topological polar surface area (TPSA) is 37.3 Å². The van der Waals surface area contributed by atoms with Crippen molar-refractivity contribution in [3.63, 3.8) is 0 Å². The van der Waals surface area contributed by atoms with E-state index in [2.05, 4.69) is 13.2 Å². The van der Waals surface area contributed by atoms with E-state index < -0.39 is 5.97 Å². The highest BCUT2D eigenvalue weighted by molar-refractivity contribution is 5.87. The van der Waals surface area contributed by atoms with Crippen LogP contribution >= 0.6 is 0 Å². The molecule has 0 heterocycles. The summed E-state index contributed by atoms with van der Waals surface area (Å²) in [5, 5.41) is 8.85. The van der Waals surface area contributed by atoms with Gasteiger partial charge in [-0.3, -0.25) is 0 Å². The minimum Gasteiger partial charge on any atom is -0.478 e. The fraction of sp³-hybridized carbons (Fsp3) is 0.188. The van der Waals surface area contributed by atoms with Gasteiger partial charge in [0.1, 0.15) is 0 Å². The van der Waals surface area contributed by atoms with E-state index in [-0.39, 0.29) is 0 Å². The SMILES string of the molecule is C=C/C=C(\C=C)Cc1cccc(C(=O)O)c1.CC. The predicted molar refractivity (Wildman–Crippen MR) is 76.9 cm³/mol. The number of hydrogen-bond acceptors (Lipinski definition) is 1. The van der Waals surface area contributed by atoms with Crippen molar-refractivity contribution in [1.82, 2.24) is 0 Å². The van der Waals surface area contributed by atoms with E-state index in [1.165, 1.54) is 0 Å². The Morgan fingerprint density at radius 1 is 1.33 bits per heavy atom. The van der Waals surface area contributed by atoms with Crippen LogP contribution < -0.4 is 0 Å². The molecule has 0 radical (unpaired) electrons. The van der Waals surface area contributed by atoms with Gasteiger partial charge in [0.25, 0.3) is 0 Å². The Kier molecular flexibility index (Phi) is 7.95. The maximum Gasteiger partial charge on any atom is 0.335 e. The summed E-state index contributed by atoms with van der Waals surface area (Å²) in [4.78, 5) is 10.8. The molecule has 2 heteroatoms. The molecule has 0 bridgehead atoms. The van der Waals surface area contributed by atoms with E-state index in [9.17, 15) is 4.79 Å². The summed E-state index contributed by atoms with van der Waals surface area (Å²) in [7, 11) is 0. The molecule has 1 aromatic carbocycles. The molecule has 0 spiro atoms. The third-order valence-electron chi connectivity index (χ3n) is 2.18. The molecule has 0 atom stereocenters. The molecule has 1 aromatic rings. The second-order valence-corrected chi connectivity index (χ2v) is 3.36. The van der Waals surface area contributed by atoms with E-state index in [0.29, 0.717) is 12.0 Å². The van der Waals surface area contributed by atoms with Crippen molar-refractivity contribution in [3.8, 4) is 0 Å². The van der Waals surface area contributed by atoms with Crippen LogP contribution in [0.25, 0.3) is 0 Å². The fourth-order valence-corrected chi connectivity index (χ4v) is 1.40. The van der Waals surface area contributed by atoms with Crippen LogP contribution in [-0.4, -0.2) is 11.1 Å². The van der Waals surface area contributed by atoms with E-state index in [4.69, 9.17) is 5.11 Å². The fourth-order valence-electron chi connectivity index (χ4n) is 1.40. The van der Waals surface area contributed by atoms with Crippen molar-refractivity contribution in [2.75, 3.05) is 0 Å². The Hall–Kier alpha value is -2.09. The van der Waals surface area contributed by atoms with Crippen molar-refractivity contribution in [3.05, 3.63) is 72.4 Å². The van der Waals surface area contributed by atoms with Gasteiger partial charge < -0.3 is 5.11 Å². The molecule has 1 rings (SSSR count). The standard InChI is InChI=1S/C14H14O2.C2H6/c1-3-6-11(4-2)9-12-7-5-8-13(10-12)14(15)16;1-2/h3-8,10H,1-2,9H2,(H,15,16);1-2H3/b11-6+;. The van der Waals surface area contributed by atoms with Gasteiger partial charge in [-0.1, -0.05) is 57.4 Å². The van der Waals surface area contributed by atoms with Crippen LogP contribution in [0.1, 0.15) is 29.8 Å². The summed E-state index contributed by atoms with van der Waals surface area (Å²) < 4.78 is 0. The smallest absolute Gasteiger partial charge is 0.335 e. The van der Waals surface area contributed by atoms with Crippen LogP contribution in [0.4, 0.5) is 0 Å². The van der Waals surface area contributed by atoms with Crippen molar-refractivity contribution in [2.45, 2.75) is 20.3 Å². The predicted octanol–water partition coefficient (Wildman–Crippen LogP) is 4.25. The van der Waals surface area contributed by atoms with E-state index in [1.54, 1.807) is 30.4 Å². The monoisotopic (exact) mass is 244 g/mol. The second-order valence-electron chi connectivity index (χ2n) is 3.36. The number of rotatable bonds is 5. The number of carboxylic acid groups (broad SMARTS) is 1. The maximum atomic E-state index is 10.8. The van der Waals surface area contributed by atoms with Crippen molar-refractivity contribution in [2.24, 2.45) is 0 Å². The Morgan fingerprint density at radius 2 is 2.00 bits per heavy atom. The quantitative estimate of drug-likeness (QED) is 0.786. The van der Waals surface area contributed by atoms with Crippen molar-refractivity contribution in [1.29, 1.82) is 0 Å². The lowest BCUT2D eigenvalue weighted by atomic mass is 10.0. The Labute approximate surface area is 109 Å². The molecule has 96 valence electrons. The highest BCUT2D eigenvalue weighted by Crippen LogP contribution is 2.11. The molecule has 18 heavy (non-hydrogen) atoms. The van der Waals surface area contributed by atoms with Crippen LogP contribution in [0.15, 0.2) is 61.2 Å². The summed E-state index contributed by atoms with van der Waals surface area (Å²) in [5.41, 5.74) is 2.27. The lowest BCUT2D eigenvalue weighted by Crippen LogP contribution is -1.97. The zero-order valence-corrected chi connectivity index (χ0v) is 11.0. The second kappa shape index (κ2) is 8.99. The Bertz CT molecular complexity index is 442. The third kappa shape index (κ3) is 5.30. The van der Waals surface area contributed by atoms with Gasteiger partial charge in [-0.05, 0) is 29.7 Å². The van der Waals surface area contributed by atoms with Gasteiger partial charge in [-0.15, -0.1) is 0 Å². The zero-order valence-electron chi connectivity index (χ0n) is 11.0. The van der Waals surface area contributed by atoms with Crippen LogP contribution in [0.3, 0.4) is 0 Å². The van der Waals surface area contributed by atoms with Crippen LogP contribution in [0, 0.1) is 0 Å². The first-order chi connectivity index (χ1) is 8.67. The number of hydrogen-bond donors (Lipinski definition) is 1. The third-order valence-corrected chi connectivity index (χ3v) is 2.18. The number of carboxylic acids is 1. The summed E-state index contributed by atoms with van der Waals surface area (Å²) >= 11 is 0. The van der Waals surface area contributed by atoms with Crippen LogP contribution in [-0.2, 0) is 6.42 Å². The number of carbonyl (C=O) groups is 1. The number of benzene rings is 1. The first-order valence-corrected chi connectivity index (χ1v) is 5.93. The maximum absolute atomic E-state index is 10.8. The molecule has 0 fully saturated rings. The van der Waals surface area contributed by atoms with Gasteiger partial charge in [0.15, 0.2) is 0 Å². The minimum absolute atomic E-state index is 0.305. The zero-order chi connectivity index (χ0) is 14.0. The molecule has 0 saturated carbocycles. The molecule has 0 unspecified atom stereocenters. The molecule has 0 aliphatic carbocycles. The molecular weight excluding hydrogens is 224 g/mol. The first kappa shape index (κ1) is 15.9. The van der Waals surface area contributed by atoms with Gasteiger partial charge in [-0.25, -0.2) is 4.79 Å². The average molecular weight is 244 g/mol. The summed E-state index contributed by atoms with van der Waals surface area (Å²) in [6.45, 7) is 11.3. The number of aromatic carboxylic acids is 1. The van der Waals surface area contributed by atoms with E-state index in [1.807, 2.05) is 26.0 Å². The number of allylic oxidation sites excluding steroid dienone is 4. The van der Waals surface area contributed by atoms with Gasteiger partial charge in [0, 0.05) is 0 Å². The molecular formula is C16H20O2. The molecule has 0 amide bonds. The van der Waals surface area contributed by atoms with Gasteiger partial charge in [-0.2, -0.15) is 0 Å². The Morgan fingerprint density at radius 3 is 2.50 bits per heavy atom. The average Bonchev–Trinajstić information content (AvgIpc) is 2.41. The summed E-state index contributed by atoms with van der Waals surface area (Å²) in [6, 6.07) is 6.89. The first-order valence-electron chi connectivity index (χ1n) is 5.93. The van der Waals surface area contributed by atoms with Crippen molar-refractivity contribution >= 4 is 5.97 Å². The van der Waals surface area contributed by atoms with Crippen LogP contribution in [0.5, 0.6) is 0 Å². The lowest BCUT2D eigenvalue weighted by Gasteiger charge is -2.03. The van der Waals surface area contributed by atoms with E-state index in [0.717, 1.165) is 11.1 Å². The minimum atomic E-state index is -0.908. The highest BCUT2D eigenvalue weighted by atomic mass is 16.4. The molecule has 0 aliphatic rings. The van der Waals surface area contributed by atoms with Gasteiger partial charge in [0.05, 0.1) is 5.56 Å². The largest absolute Gasteiger partial charge is 0.478 e. The van der Waals surface area contributed by atoms with Gasteiger partial charge in [0.2, 0.25) is 0 Å². The van der Waals surface area contributed by atoms with Crippen molar-refractivity contribution < 1.29 is 9.90 Å². The highest BCUT2D eigenvalue weighted by Gasteiger charge is 2.03. The molecule has 0 aromatic heterocycles. The summed E-state index contributed by atoms with van der Waals surface area (Å²) in [6.07, 6.45) is 5.96. The van der Waals surface area contributed by atoms with Crippen LogP contribution in [0.2, 0.25) is 0 Å². The molecule has 0 saturated heterocycles.